The first-order valence-corrected chi connectivity index (χ1v) is 7.61. The molecule has 0 amide bonds. The van der Waals surface area contributed by atoms with Crippen molar-refractivity contribution >= 4 is 5.78 Å². The van der Waals surface area contributed by atoms with Crippen LogP contribution in [0.3, 0.4) is 0 Å². The second-order valence-electron chi connectivity index (χ2n) is 5.58. The van der Waals surface area contributed by atoms with E-state index in [0.29, 0.717) is 0 Å². The first-order valence-electron chi connectivity index (χ1n) is 7.61. The number of hydrogen-bond donors (Lipinski definition) is 1. The maximum Gasteiger partial charge on any atom is 0.179 e. The summed E-state index contributed by atoms with van der Waals surface area (Å²) < 4.78 is 0. The number of unbranched alkanes of at least 4 members (excludes halogenated alkanes) is 2. The molecular formula is C17H25NO. The topological polar surface area (TPSA) is 29.1 Å². The van der Waals surface area contributed by atoms with Gasteiger partial charge in [0, 0.05) is 5.56 Å². The minimum Gasteiger partial charge on any atom is -0.307 e. The molecule has 1 aromatic rings. The lowest BCUT2D eigenvalue weighted by Crippen LogP contribution is -2.34. The highest BCUT2D eigenvalue weighted by Gasteiger charge is 2.17. The van der Waals surface area contributed by atoms with E-state index in [9.17, 15) is 4.79 Å². The SMILES string of the molecule is CCCCCNC(C)C(=O)c1ccc2c(c1)CCC2. The number of rotatable bonds is 7. The third kappa shape index (κ3) is 3.66. The summed E-state index contributed by atoms with van der Waals surface area (Å²) in [5.74, 6) is 0.228. The number of aryl methyl sites for hydroxylation is 2. The number of benzene rings is 1. The second-order valence-corrected chi connectivity index (χ2v) is 5.58. The van der Waals surface area contributed by atoms with Crippen molar-refractivity contribution in [3.05, 3.63) is 34.9 Å². The van der Waals surface area contributed by atoms with E-state index in [1.807, 2.05) is 13.0 Å². The zero-order valence-electron chi connectivity index (χ0n) is 12.2. The van der Waals surface area contributed by atoms with Gasteiger partial charge in [-0.05, 0) is 56.3 Å². The minimum atomic E-state index is -0.0729. The van der Waals surface area contributed by atoms with Crippen LogP contribution in [0.25, 0.3) is 0 Å². The average molecular weight is 259 g/mol. The molecular weight excluding hydrogens is 234 g/mol. The quantitative estimate of drug-likeness (QED) is 0.599. The summed E-state index contributed by atoms with van der Waals surface area (Å²) in [6, 6.07) is 6.17. The summed E-state index contributed by atoms with van der Waals surface area (Å²) in [6.07, 6.45) is 7.14. The molecule has 1 unspecified atom stereocenters. The van der Waals surface area contributed by atoms with Gasteiger partial charge in [-0.15, -0.1) is 0 Å². The highest BCUT2D eigenvalue weighted by Crippen LogP contribution is 2.23. The van der Waals surface area contributed by atoms with Crippen LogP contribution in [0.5, 0.6) is 0 Å². The van der Waals surface area contributed by atoms with Crippen molar-refractivity contribution in [2.45, 2.75) is 58.4 Å². The molecule has 1 atom stereocenters. The Balaban J connectivity index is 1.91. The van der Waals surface area contributed by atoms with Gasteiger partial charge in [-0.2, -0.15) is 0 Å². The van der Waals surface area contributed by atoms with E-state index in [4.69, 9.17) is 0 Å². The average Bonchev–Trinajstić information content (AvgIpc) is 2.89. The van der Waals surface area contributed by atoms with Crippen LogP contribution in [-0.2, 0) is 12.8 Å². The summed E-state index contributed by atoms with van der Waals surface area (Å²) in [5, 5.41) is 3.33. The normalized spacial score (nSPS) is 15.3. The number of ketones is 1. The largest absolute Gasteiger partial charge is 0.307 e. The van der Waals surface area contributed by atoms with E-state index in [1.165, 1.54) is 36.8 Å². The summed E-state index contributed by atoms with van der Waals surface area (Å²) in [4.78, 5) is 12.3. The molecule has 104 valence electrons. The van der Waals surface area contributed by atoms with Gasteiger partial charge >= 0.3 is 0 Å². The Labute approximate surface area is 116 Å². The molecule has 0 radical (unpaired) electrons. The molecule has 0 saturated carbocycles. The van der Waals surface area contributed by atoms with Crippen molar-refractivity contribution in [2.75, 3.05) is 6.54 Å². The fraction of sp³-hybridized carbons (Fsp3) is 0.588. The lowest BCUT2D eigenvalue weighted by atomic mass is 10.0. The lowest BCUT2D eigenvalue weighted by Gasteiger charge is -2.13. The van der Waals surface area contributed by atoms with Crippen LogP contribution in [0, 0.1) is 0 Å². The van der Waals surface area contributed by atoms with Crippen LogP contribution < -0.4 is 5.32 Å². The predicted octanol–water partition coefficient (Wildman–Crippen LogP) is 3.53. The maximum atomic E-state index is 12.3. The summed E-state index contributed by atoms with van der Waals surface area (Å²) in [5.41, 5.74) is 3.68. The van der Waals surface area contributed by atoms with Gasteiger partial charge in [-0.3, -0.25) is 4.79 Å². The molecule has 1 aliphatic carbocycles. The van der Waals surface area contributed by atoms with Gasteiger partial charge in [0.1, 0.15) is 0 Å². The standard InChI is InChI=1S/C17H25NO/c1-3-4-5-11-18-13(2)17(19)16-10-9-14-7-6-8-15(14)12-16/h9-10,12-13,18H,3-8,11H2,1-2H3. The van der Waals surface area contributed by atoms with E-state index < -0.39 is 0 Å². The Kier molecular flexibility index (Phi) is 5.15. The van der Waals surface area contributed by atoms with E-state index >= 15 is 0 Å². The van der Waals surface area contributed by atoms with Crippen molar-refractivity contribution in [1.29, 1.82) is 0 Å². The van der Waals surface area contributed by atoms with Crippen LogP contribution in [0.2, 0.25) is 0 Å². The zero-order valence-corrected chi connectivity index (χ0v) is 12.2. The Bertz CT molecular complexity index is 439. The summed E-state index contributed by atoms with van der Waals surface area (Å²) >= 11 is 0. The minimum absolute atomic E-state index is 0.0729. The van der Waals surface area contributed by atoms with E-state index in [0.717, 1.165) is 24.9 Å². The van der Waals surface area contributed by atoms with Crippen LogP contribution in [0.1, 0.15) is 61.0 Å². The molecule has 2 heteroatoms. The number of carbonyl (C=O) groups excluding carboxylic acids is 1. The molecule has 2 nitrogen and oxygen atoms in total. The molecule has 0 heterocycles. The van der Waals surface area contributed by atoms with Crippen molar-refractivity contribution in [3.8, 4) is 0 Å². The van der Waals surface area contributed by atoms with Crippen molar-refractivity contribution < 1.29 is 4.79 Å². The van der Waals surface area contributed by atoms with Gasteiger partial charge in [0.15, 0.2) is 5.78 Å². The van der Waals surface area contributed by atoms with Gasteiger partial charge in [0.05, 0.1) is 6.04 Å². The number of nitrogens with one attached hydrogen (secondary N) is 1. The molecule has 0 aliphatic heterocycles. The van der Waals surface area contributed by atoms with Gasteiger partial charge < -0.3 is 5.32 Å². The predicted molar refractivity (Wildman–Crippen MR) is 79.8 cm³/mol. The van der Waals surface area contributed by atoms with E-state index in [2.05, 4.69) is 24.4 Å². The van der Waals surface area contributed by atoms with Crippen molar-refractivity contribution in [2.24, 2.45) is 0 Å². The van der Waals surface area contributed by atoms with Gasteiger partial charge in [-0.25, -0.2) is 0 Å². The third-order valence-corrected chi connectivity index (χ3v) is 4.01. The first kappa shape index (κ1) is 14.3. The number of Topliss-reactive ketones (excluding diaryl/α,β-unsaturated/α-hetero) is 1. The van der Waals surface area contributed by atoms with Crippen molar-refractivity contribution in [1.82, 2.24) is 5.32 Å². The van der Waals surface area contributed by atoms with Gasteiger partial charge in [0.25, 0.3) is 0 Å². The Morgan fingerprint density at radius 3 is 2.84 bits per heavy atom. The molecule has 1 aromatic carbocycles. The third-order valence-electron chi connectivity index (χ3n) is 4.01. The Morgan fingerprint density at radius 1 is 1.26 bits per heavy atom. The first-order chi connectivity index (χ1) is 9.22. The van der Waals surface area contributed by atoms with Gasteiger partial charge in [-0.1, -0.05) is 31.9 Å². The maximum absolute atomic E-state index is 12.3. The van der Waals surface area contributed by atoms with E-state index in [1.54, 1.807) is 0 Å². The molecule has 0 saturated heterocycles. The molecule has 0 aromatic heterocycles. The fourth-order valence-electron chi connectivity index (χ4n) is 2.76. The lowest BCUT2D eigenvalue weighted by molar-refractivity contribution is 0.0951. The second kappa shape index (κ2) is 6.85. The molecule has 0 spiro atoms. The molecule has 19 heavy (non-hydrogen) atoms. The molecule has 0 fully saturated rings. The Hall–Kier alpha value is -1.15. The summed E-state index contributed by atoms with van der Waals surface area (Å²) in [6.45, 7) is 5.10. The van der Waals surface area contributed by atoms with Crippen LogP contribution in [0.15, 0.2) is 18.2 Å². The van der Waals surface area contributed by atoms with Crippen LogP contribution in [-0.4, -0.2) is 18.4 Å². The highest BCUT2D eigenvalue weighted by atomic mass is 16.1. The Morgan fingerprint density at radius 2 is 2.05 bits per heavy atom. The monoisotopic (exact) mass is 259 g/mol. The van der Waals surface area contributed by atoms with Crippen LogP contribution >= 0.6 is 0 Å². The molecule has 0 bridgehead atoms. The number of carbonyl (C=O) groups is 1. The van der Waals surface area contributed by atoms with Crippen LogP contribution in [0.4, 0.5) is 0 Å². The molecule has 1 N–H and O–H groups in total. The molecule has 2 rings (SSSR count). The zero-order chi connectivity index (χ0) is 13.7. The van der Waals surface area contributed by atoms with E-state index in [-0.39, 0.29) is 11.8 Å². The number of fused-ring (bicyclic) bond motifs is 1. The fourth-order valence-corrected chi connectivity index (χ4v) is 2.76. The summed E-state index contributed by atoms with van der Waals surface area (Å²) in [7, 11) is 0. The van der Waals surface area contributed by atoms with Gasteiger partial charge in [0.2, 0.25) is 0 Å². The molecule has 1 aliphatic rings. The highest BCUT2D eigenvalue weighted by molar-refractivity contribution is 6.00. The smallest absolute Gasteiger partial charge is 0.179 e. The van der Waals surface area contributed by atoms with Crippen molar-refractivity contribution in [3.63, 3.8) is 0 Å². The number of hydrogen-bond acceptors (Lipinski definition) is 2.